The first-order chi connectivity index (χ1) is 9.39. The molecule has 4 aliphatic rings. The van der Waals surface area contributed by atoms with Crippen LogP contribution in [0.25, 0.3) is 0 Å². The van der Waals surface area contributed by atoms with E-state index in [1.54, 1.807) is 0 Å². The van der Waals surface area contributed by atoms with Gasteiger partial charge >= 0.3 is 5.97 Å². The van der Waals surface area contributed by atoms with Gasteiger partial charge in [0.1, 0.15) is 11.2 Å². The molecule has 112 valence electrons. The van der Waals surface area contributed by atoms with E-state index >= 15 is 0 Å². The normalized spacial score (nSPS) is 53.9. The molecule has 3 unspecified atom stereocenters. The van der Waals surface area contributed by atoms with E-state index in [0.717, 1.165) is 12.8 Å². The van der Waals surface area contributed by atoms with Crippen LogP contribution in [0.1, 0.15) is 65.2 Å². The molecule has 2 heterocycles. The maximum Gasteiger partial charge on any atom is 0.312 e. The number of hydrogen-bond acceptors (Lipinski definition) is 3. The first-order valence-corrected chi connectivity index (χ1v) is 8.03. The number of aliphatic carboxylic acids is 1. The summed E-state index contributed by atoms with van der Waals surface area (Å²) in [4.78, 5) is 11.9. The minimum atomic E-state index is -0.791. The second-order valence-electron chi connectivity index (χ2n) is 7.72. The van der Waals surface area contributed by atoms with Crippen molar-refractivity contribution in [2.75, 3.05) is 0 Å². The van der Waals surface area contributed by atoms with Crippen LogP contribution in [0.5, 0.6) is 0 Å². The molecule has 4 heteroatoms. The highest BCUT2D eigenvalue weighted by molar-refractivity contribution is 5.78. The zero-order valence-corrected chi connectivity index (χ0v) is 12.4. The summed E-state index contributed by atoms with van der Waals surface area (Å²) in [7, 11) is 0. The van der Waals surface area contributed by atoms with Gasteiger partial charge in [0.05, 0.1) is 5.41 Å². The van der Waals surface area contributed by atoms with Crippen LogP contribution in [0.2, 0.25) is 0 Å². The third-order valence-corrected chi connectivity index (χ3v) is 6.60. The van der Waals surface area contributed by atoms with Crippen LogP contribution < -0.4 is 0 Å². The van der Waals surface area contributed by atoms with Gasteiger partial charge in [-0.3, -0.25) is 4.79 Å². The quantitative estimate of drug-likeness (QED) is 0.807. The molecule has 1 N–H and O–H groups in total. The maximum absolute atomic E-state index is 11.9. The van der Waals surface area contributed by atoms with Gasteiger partial charge in [-0.05, 0) is 39.0 Å². The Morgan fingerprint density at radius 1 is 1.15 bits per heavy atom. The number of epoxide rings is 2. The molecule has 2 saturated heterocycles. The van der Waals surface area contributed by atoms with Crippen LogP contribution >= 0.6 is 0 Å². The van der Waals surface area contributed by atoms with Gasteiger partial charge in [0.25, 0.3) is 0 Å². The van der Waals surface area contributed by atoms with Crippen molar-refractivity contribution < 1.29 is 19.4 Å². The minimum Gasteiger partial charge on any atom is -0.481 e. The molecule has 4 nitrogen and oxygen atoms in total. The topological polar surface area (TPSA) is 62.4 Å². The van der Waals surface area contributed by atoms with Crippen LogP contribution in [-0.2, 0) is 14.3 Å². The van der Waals surface area contributed by atoms with E-state index in [1.807, 2.05) is 6.92 Å². The van der Waals surface area contributed by atoms with Crippen LogP contribution in [0.15, 0.2) is 0 Å². The molecule has 0 aromatic heterocycles. The Morgan fingerprint density at radius 3 is 2.50 bits per heavy atom. The zero-order valence-electron chi connectivity index (χ0n) is 12.4. The smallest absolute Gasteiger partial charge is 0.312 e. The summed E-state index contributed by atoms with van der Waals surface area (Å²) in [6.07, 6.45) is 8.62. The van der Waals surface area contributed by atoms with Crippen molar-refractivity contribution in [1.29, 1.82) is 0 Å². The number of ether oxygens (including phenoxy) is 2. The van der Waals surface area contributed by atoms with Gasteiger partial charge in [0, 0.05) is 0 Å². The molecule has 4 atom stereocenters. The Morgan fingerprint density at radius 2 is 1.85 bits per heavy atom. The average Bonchev–Trinajstić information content (AvgIpc) is 3.24. The summed E-state index contributed by atoms with van der Waals surface area (Å²) in [6.45, 7) is 3.95. The molecule has 0 radical (unpaired) electrons. The van der Waals surface area contributed by atoms with E-state index in [4.69, 9.17) is 9.47 Å². The zero-order chi connectivity index (χ0) is 14.2. The molecule has 2 aliphatic heterocycles. The number of carboxylic acid groups (broad SMARTS) is 1. The van der Waals surface area contributed by atoms with E-state index in [2.05, 4.69) is 6.92 Å². The SMILES string of the molecule is CC1(C(=O)O)CCC2(C)O[C@]23OC13CC1CCCCC1. The Labute approximate surface area is 119 Å². The molecule has 2 aliphatic carbocycles. The fraction of sp³-hybridized carbons (Fsp3) is 0.938. The Hall–Kier alpha value is -0.610. The van der Waals surface area contributed by atoms with Gasteiger partial charge in [-0.25, -0.2) is 0 Å². The maximum atomic E-state index is 11.9. The van der Waals surface area contributed by atoms with E-state index < -0.39 is 22.8 Å². The van der Waals surface area contributed by atoms with Crippen LogP contribution in [0.4, 0.5) is 0 Å². The van der Waals surface area contributed by atoms with Crippen molar-refractivity contribution in [3.63, 3.8) is 0 Å². The van der Waals surface area contributed by atoms with Crippen molar-refractivity contribution in [3.8, 4) is 0 Å². The molecule has 1 spiro atoms. The number of rotatable bonds is 3. The van der Waals surface area contributed by atoms with Gasteiger partial charge < -0.3 is 14.6 Å². The highest BCUT2D eigenvalue weighted by Crippen LogP contribution is 2.81. The fourth-order valence-corrected chi connectivity index (χ4v) is 5.01. The molecule has 0 amide bonds. The molecule has 0 aromatic carbocycles. The highest BCUT2D eigenvalue weighted by Gasteiger charge is 2.97. The molecule has 2 saturated carbocycles. The summed E-state index contributed by atoms with van der Waals surface area (Å²) in [5, 5.41) is 9.77. The first-order valence-electron chi connectivity index (χ1n) is 8.03. The Bertz CT molecular complexity index is 471. The number of hydrogen-bond donors (Lipinski definition) is 1. The minimum absolute atomic E-state index is 0.226. The number of carboxylic acids is 1. The lowest BCUT2D eigenvalue weighted by Crippen LogP contribution is -2.50. The van der Waals surface area contributed by atoms with Crippen molar-refractivity contribution in [2.45, 2.75) is 82.2 Å². The molecular formula is C16H24O4. The van der Waals surface area contributed by atoms with Crippen molar-refractivity contribution >= 4 is 5.97 Å². The van der Waals surface area contributed by atoms with Crippen LogP contribution in [0, 0.1) is 11.3 Å². The van der Waals surface area contributed by atoms with Crippen molar-refractivity contribution in [1.82, 2.24) is 0 Å². The van der Waals surface area contributed by atoms with E-state index in [9.17, 15) is 9.90 Å². The average molecular weight is 280 g/mol. The summed E-state index contributed by atoms with van der Waals surface area (Å²) in [5.74, 6) is -0.681. The highest BCUT2D eigenvalue weighted by atomic mass is 16.9. The van der Waals surface area contributed by atoms with Crippen molar-refractivity contribution in [2.24, 2.45) is 11.3 Å². The molecule has 4 fully saturated rings. The summed E-state index contributed by atoms with van der Waals surface area (Å²) >= 11 is 0. The molecular weight excluding hydrogens is 256 g/mol. The Kier molecular flexibility index (Phi) is 2.34. The van der Waals surface area contributed by atoms with Gasteiger partial charge in [-0.1, -0.05) is 32.1 Å². The lowest BCUT2D eigenvalue weighted by molar-refractivity contribution is -0.154. The van der Waals surface area contributed by atoms with Gasteiger partial charge in [0.2, 0.25) is 5.79 Å². The fourth-order valence-electron chi connectivity index (χ4n) is 5.01. The monoisotopic (exact) mass is 280 g/mol. The molecule has 0 aromatic rings. The number of carbonyl (C=O) groups is 1. The van der Waals surface area contributed by atoms with Crippen LogP contribution in [0.3, 0.4) is 0 Å². The molecule has 4 rings (SSSR count). The lowest BCUT2D eigenvalue weighted by Gasteiger charge is -2.37. The second kappa shape index (κ2) is 3.58. The van der Waals surface area contributed by atoms with Gasteiger partial charge in [-0.15, -0.1) is 0 Å². The Balaban J connectivity index is 1.65. The second-order valence-corrected chi connectivity index (χ2v) is 7.72. The molecule has 20 heavy (non-hydrogen) atoms. The largest absolute Gasteiger partial charge is 0.481 e. The van der Waals surface area contributed by atoms with E-state index in [1.165, 1.54) is 32.1 Å². The van der Waals surface area contributed by atoms with E-state index in [-0.39, 0.29) is 5.60 Å². The summed E-state index contributed by atoms with van der Waals surface area (Å²) in [6, 6.07) is 0. The standard InChI is InChI=1S/C16H24O4/c1-13(12(17)18)8-9-14(2)16(19-14)15(13,20-16)10-11-6-4-3-5-7-11/h11H,3-10H2,1-2H3,(H,17,18)/t13?,14?,15?,16-/m0/s1. The molecule has 0 bridgehead atoms. The van der Waals surface area contributed by atoms with Crippen LogP contribution in [-0.4, -0.2) is 28.1 Å². The third-order valence-electron chi connectivity index (χ3n) is 6.60. The first kappa shape index (κ1) is 13.1. The van der Waals surface area contributed by atoms with Crippen molar-refractivity contribution in [3.05, 3.63) is 0 Å². The van der Waals surface area contributed by atoms with E-state index in [0.29, 0.717) is 12.3 Å². The van der Waals surface area contributed by atoms with Gasteiger partial charge in [0.15, 0.2) is 0 Å². The third kappa shape index (κ3) is 1.28. The summed E-state index contributed by atoms with van der Waals surface area (Å²) in [5.41, 5.74) is -1.59. The lowest BCUT2D eigenvalue weighted by atomic mass is 9.61. The predicted molar refractivity (Wildman–Crippen MR) is 72.2 cm³/mol. The summed E-state index contributed by atoms with van der Waals surface area (Å²) < 4.78 is 12.0. The van der Waals surface area contributed by atoms with Gasteiger partial charge in [-0.2, -0.15) is 0 Å². The predicted octanol–water partition coefficient (Wildman–Crippen LogP) is 3.10.